The van der Waals surface area contributed by atoms with E-state index in [1.165, 1.54) is 5.56 Å². The molecule has 1 aromatic carbocycles. The van der Waals surface area contributed by atoms with Crippen molar-refractivity contribution in [1.82, 2.24) is 5.32 Å². The van der Waals surface area contributed by atoms with Crippen LogP contribution in [0.15, 0.2) is 24.3 Å². The molecule has 0 amide bonds. The topological polar surface area (TPSA) is 41.5 Å². The smallest absolute Gasteiger partial charge is 0.122 e. The van der Waals surface area contributed by atoms with Gasteiger partial charge in [-0.3, -0.25) is 0 Å². The molecular formula is C16H27NO2. The maximum Gasteiger partial charge on any atom is 0.122 e. The fourth-order valence-corrected chi connectivity index (χ4v) is 2.24. The Kier molecular flexibility index (Phi) is 6.89. The molecular weight excluding hydrogens is 238 g/mol. The van der Waals surface area contributed by atoms with Crippen molar-refractivity contribution >= 4 is 0 Å². The standard InChI is InChI=1S/C16H27NO2/c1-12(2)15(17-13(3)9-10-18)11-14-7-5-6-8-16(14)19-4/h5-8,12-13,15,17-18H,9-11H2,1-4H3. The zero-order valence-electron chi connectivity index (χ0n) is 12.5. The van der Waals surface area contributed by atoms with Gasteiger partial charge < -0.3 is 15.2 Å². The van der Waals surface area contributed by atoms with Crippen molar-refractivity contribution < 1.29 is 9.84 Å². The maximum absolute atomic E-state index is 9.00. The van der Waals surface area contributed by atoms with E-state index in [4.69, 9.17) is 9.84 Å². The van der Waals surface area contributed by atoms with Gasteiger partial charge >= 0.3 is 0 Å². The second-order valence-electron chi connectivity index (χ2n) is 5.45. The minimum atomic E-state index is 0.230. The second-order valence-corrected chi connectivity index (χ2v) is 5.45. The van der Waals surface area contributed by atoms with Gasteiger partial charge in [-0.05, 0) is 37.3 Å². The Morgan fingerprint density at radius 3 is 2.47 bits per heavy atom. The van der Waals surface area contributed by atoms with E-state index in [9.17, 15) is 0 Å². The first-order chi connectivity index (χ1) is 9.08. The van der Waals surface area contributed by atoms with Crippen molar-refractivity contribution in [3.8, 4) is 5.75 Å². The van der Waals surface area contributed by atoms with Crippen LogP contribution < -0.4 is 10.1 Å². The predicted molar refractivity (Wildman–Crippen MR) is 79.6 cm³/mol. The molecule has 0 saturated carbocycles. The fraction of sp³-hybridized carbons (Fsp3) is 0.625. The summed E-state index contributed by atoms with van der Waals surface area (Å²) in [5.41, 5.74) is 1.23. The average molecular weight is 265 g/mol. The summed E-state index contributed by atoms with van der Waals surface area (Å²) >= 11 is 0. The molecule has 0 aromatic heterocycles. The van der Waals surface area contributed by atoms with Gasteiger partial charge in [-0.2, -0.15) is 0 Å². The molecule has 0 aliphatic heterocycles. The molecule has 0 aliphatic rings. The summed E-state index contributed by atoms with van der Waals surface area (Å²) in [7, 11) is 1.71. The Morgan fingerprint density at radius 1 is 1.21 bits per heavy atom. The molecule has 1 aromatic rings. The Labute approximate surface area is 117 Å². The molecule has 1 rings (SSSR count). The van der Waals surface area contributed by atoms with Crippen LogP contribution in [0.2, 0.25) is 0 Å². The Bertz CT molecular complexity index is 366. The first kappa shape index (κ1) is 16.0. The lowest BCUT2D eigenvalue weighted by Gasteiger charge is -2.27. The highest BCUT2D eigenvalue weighted by atomic mass is 16.5. The molecule has 2 unspecified atom stereocenters. The highest BCUT2D eigenvalue weighted by Crippen LogP contribution is 2.21. The number of rotatable bonds is 8. The zero-order chi connectivity index (χ0) is 14.3. The van der Waals surface area contributed by atoms with Crippen LogP contribution in [-0.4, -0.2) is 30.9 Å². The molecule has 0 aliphatic carbocycles. The van der Waals surface area contributed by atoms with Crippen molar-refractivity contribution in [2.45, 2.75) is 45.7 Å². The fourth-order valence-electron chi connectivity index (χ4n) is 2.24. The van der Waals surface area contributed by atoms with E-state index in [0.717, 1.165) is 18.6 Å². The van der Waals surface area contributed by atoms with E-state index in [0.29, 0.717) is 18.0 Å². The van der Waals surface area contributed by atoms with Gasteiger partial charge in [0.05, 0.1) is 7.11 Å². The summed E-state index contributed by atoms with van der Waals surface area (Å²) in [5, 5.41) is 12.6. The van der Waals surface area contributed by atoms with E-state index >= 15 is 0 Å². The molecule has 0 saturated heterocycles. The van der Waals surface area contributed by atoms with Crippen molar-refractivity contribution in [2.75, 3.05) is 13.7 Å². The third-order valence-electron chi connectivity index (χ3n) is 3.50. The van der Waals surface area contributed by atoms with Crippen LogP contribution in [0.3, 0.4) is 0 Å². The van der Waals surface area contributed by atoms with Crippen LogP contribution in [0.1, 0.15) is 32.8 Å². The highest BCUT2D eigenvalue weighted by molar-refractivity contribution is 5.33. The van der Waals surface area contributed by atoms with Crippen LogP contribution >= 0.6 is 0 Å². The number of methoxy groups -OCH3 is 1. The van der Waals surface area contributed by atoms with Gasteiger partial charge in [-0.25, -0.2) is 0 Å². The number of benzene rings is 1. The lowest BCUT2D eigenvalue weighted by molar-refractivity contribution is 0.253. The number of hydrogen-bond acceptors (Lipinski definition) is 3. The molecule has 19 heavy (non-hydrogen) atoms. The molecule has 0 heterocycles. The molecule has 0 bridgehead atoms. The van der Waals surface area contributed by atoms with E-state index in [2.05, 4.69) is 32.2 Å². The number of aliphatic hydroxyl groups is 1. The summed E-state index contributed by atoms with van der Waals surface area (Å²) in [4.78, 5) is 0. The maximum atomic E-state index is 9.00. The normalized spacial score (nSPS) is 14.4. The molecule has 0 fully saturated rings. The third-order valence-corrected chi connectivity index (χ3v) is 3.50. The highest BCUT2D eigenvalue weighted by Gasteiger charge is 2.17. The van der Waals surface area contributed by atoms with Crippen LogP contribution in [0.25, 0.3) is 0 Å². The number of hydrogen-bond donors (Lipinski definition) is 2. The Morgan fingerprint density at radius 2 is 1.89 bits per heavy atom. The van der Waals surface area contributed by atoms with E-state index in [1.54, 1.807) is 7.11 Å². The first-order valence-electron chi connectivity index (χ1n) is 7.07. The van der Waals surface area contributed by atoms with Crippen molar-refractivity contribution in [3.63, 3.8) is 0 Å². The number of ether oxygens (including phenoxy) is 1. The largest absolute Gasteiger partial charge is 0.496 e. The summed E-state index contributed by atoms with van der Waals surface area (Å²) in [5.74, 6) is 1.48. The van der Waals surface area contributed by atoms with Gasteiger partial charge in [0.25, 0.3) is 0 Å². The quantitative estimate of drug-likeness (QED) is 0.759. The second kappa shape index (κ2) is 8.18. The minimum absolute atomic E-state index is 0.230. The number of aliphatic hydroxyl groups excluding tert-OH is 1. The third kappa shape index (κ3) is 5.21. The first-order valence-corrected chi connectivity index (χ1v) is 7.07. The van der Waals surface area contributed by atoms with Crippen molar-refractivity contribution in [2.24, 2.45) is 5.92 Å². The molecule has 3 heteroatoms. The summed E-state index contributed by atoms with van der Waals surface area (Å²) in [6, 6.07) is 8.88. The van der Waals surface area contributed by atoms with E-state index in [1.807, 2.05) is 18.2 Å². The SMILES string of the molecule is COc1ccccc1CC(NC(C)CCO)C(C)C. The van der Waals surface area contributed by atoms with Crippen molar-refractivity contribution in [3.05, 3.63) is 29.8 Å². The van der Waals surface area contributed by atoms with Crippen molar-refractivity contribution in [1.29, 1.82) is 0 Å². The predicted octanol–water partition coefficient (Wildman–Crippen LogP) is 2.62. The Hall–Kier alpha value is -1.06. The van der Waals surface area contributed by atoms with Gasteiger partial charge in [0.15, 0.2) is 0 Å². The van der Waals surface area contributed by atoms with Gasteiger partial charge in [-0.15, -0.1) is 0 Å². The van der Waals surface area contributed by atoms with Gasteiger partial charge in [0.2, 0.25) is 0 Å². The lowest BCUT2D eigenvalue weighted by Crippen LogP contribution is -2.41. The molecule has 3 nitrogen and oxygen atoms in total. The van der Waals surface area contributed by atoms with Crippen LogP contribution in [-0.2, 0) is 6.42 Å². The van der Waals surface area contributed by atoms with Gasteiger partial charge in [-0.1, -0.05) is 32.0 Å². The van der Waals surface area contributed by atoms with E-state index < -0.39 is 0 Å². The summed E-state index contributed by atoms with van der Waals surface area (Å²) in [6.07, 6.45) is 1.73. The molecule has 108 valence electrons. The summed E-state index contributed by atoms with van der Waals surface area (Å²) in [6.45, 7) is 6.79. The van der Waals surface area contributed by atoms with Crippen LogP contribution in [0.4, 0.5) is 0 Å². The molecule has 2 N–H and O–H groups in total. The van der Waals surface area contributed by atoms with Gasteiger partial charge in [0, 0.05) is 18.7 Å². The van der Waals surface area contributed by atoms with E-state index in [-0.39, 0.29) is 6.61 Å². The van der Waals surface area contributed by atoms with Crippen LogP contribution in [0, 0.1) is 5.92 Å². The molecule has 0 radical (unpaired) electrons. The lowest BCUT2D eigenvalue weighted by atomic mass is 9.95. The molecule has 2 atom stereocenters. The monoisotopic (exact) mass is 265 g/mol. The summed E-state index contributed by atoms with van der Waals surface area (Å²) < 4.78 is 5.41. The zero-order valence-corrected chi connectivity index (χ0v) is 12.5. The Balaban J connectivity index is 2.72. The van der Waals surface area contributed by atoms with Crippen LogP contribution in [0.5, 0.6) is 5.75 Å². The molecule has 0 spiro atoms. The minimum Gasteiger partial charge on any atom is -0.496 e. The van der Waals surface area contributed by atoms with Gasteiger partial charge in [0.1, 0.15) is 5.75 Å². The average Bonchev–Trinajstić information content (AvgIpc) is 2.38. The number of nitrogens with one attached hydrogen (secondary N) is 1. The number of para-hydroxylation sites is 1.